The summed E-state index contributed by atoms with van der Waals surface area (Å²) in [5.74, 6) is 1.60. The highest BCUT2D eigenvalue weighted by Crippen LogP contribution is 2.42. The second-order valence-corrected chi connectivity index (χ2v) is 5.20. The third kappa shape index (κ3) is 1.40. The molecule has 0 unspecified atom stereocenters. The van der Waals surface area contributed by atoms with Crippen LogP contribution in [-0.4, -0.2) is 11.8 Å². The van der Waals surface area contributed by atoms with Crippen LogP contribution in [-0.2, 0) is 0 Å². The average Bonchev–Trinajstić information content (AvgIpc) is 3.02. The predicted molar refractivity (Wildman–Crippen MR) is 82.9 cm³/mol. The Kier molecular flexibility index (Phi) is 2.00. The summed E-state index contributed by atoms with van der Waals surface area (Å²) >= 11 is 0. The van der Waals surface area contributed by atoms with Crippen molar-refractivity contribution in [2.75, 3.05) is 6.79 Å². The number of hydrogen-bond donors (Lipinski definition) is 0. The van der Waals surface area contributed by atoms with E-state index in [1.54, 1.807) is 0 Å². The van der Waals surface area contributed by atoms with Gasteiger partial charge in [-0.2, -0.15) is 0 Å². The standard InChI is InChI=1S/C18H11NO2/c1-2-4-12-11(3-1)5-6-13-14(12)9-19-15-7-8-16-18(17(13)15)21-10-20-16/h1-9H,10H2. The summed E-state index contributed by atoms with van der Waals surface area (Å²) in [5, 5.41) is 5.76. The van der Waals surface area contributed by atoms with Crippen molar-refractivity contribution in [3.05, 3.63) is 54.7 Å². The molecule has 0 saturated heterocycles. The normalized spacial score (nSPS) is 13.3. The smallest absolute Gasteiger partial charge is 0.231 e. The molecule has 0 bridgehead atoms. The lowest BCUT2D eigenvalue weighted by molar-refractivity contribution is 0.175. The largest absolute Gasteiger partial charge is 0.454 e. The first kappa shape index (κ1) is 10.9. The number of benzene rings is 3. The van der Waals surface area contributed by atoms with Crippen molar-refractivity contribution in [2.45, 2.75) is 0 Å². The molecule has 0 amide bonds. The lowest BCUT2D eigenvalue weighted by atomic mass is 10.00. The summed E-state index contributed by atoms with van der Waals surface area (Å²) in [6.07, 6.45) is 1.95. The zero-order valence-corrected chi connectivity index (χ0v) is 11.2. The van der Waals surface area contributed by atoms with E-state index < -0.39 is 0 Å². The van der Waals surface area contributed by atoms with Crippen LogP contribution in [0.2, 0.25) is 0 Å². The van der Waals surface area contributed by atoms with Crippen LogP contribution in [0.3, 0.4) is 0 Å². The first-order valence-electron chi connectivity index (χ1n) is 6.90. The van der Waals surface area contributed by atoms with Crippen LogP contribution in [0.25, 0.3) is 32.4 Å². The molecule has 0 radical (unpaired) electrons. The number of hydrogen-bond acceptors (Lipinski definition) is 3. The maximum atomic E-state index is 5.67. The molecule has 0 N–H and O–H groups in total. The minimum Gasteiger partial charge on any atom is -0.454 e. The van der Waals surface area contributed by atoms with Gasteiger partial charge in [0, 0.05) is 11.6 Å². The van der Waals surface area contributed by atoms with Crippen LogP contribution in [0.15, 0.2) is 54.7 Å². The van der Waals surface area contributed by atoms with Crippen molar-refractivity contribution >= 4 is 32.4 Å². The quantitative estimate of drug-likeness (QED) is 0.448. The Labute approximate surface area is 120 Å². The topological polar surface area (TPSA) is 31.4 Å². The number of pyridine rings is 1. The third-order valence-corrected chi connectivity index (χ3v) is 4.09. The van der Waals surface area contributed by atoms with Crippen molar-refractivity contribution in [3.8, 4) is 11.5 Å². The molecule has 3 heteroatoms. The molecule has 0 aliphatic carbocycles. The van der Waals surface area contributed by atoms with Gasteiger partial charge in [0.05, 0.1) is 10.9 Å². The number of aromatic nitrogens is 1. The molecule has 3 nitrogen and oxygen atoms in total. The number of rotatable bonds is 0. The van der Waals surface area contributed by atoms with Gasteiger partial charge in [-0.15, -0.1) is 0 Å². The van der Waals surface area contributed by atoms with Crippen molar-refractivity contribution in [1.82, 2.24) is 4.98 Å². The van der Waals surface area contributed by atoms with Crippen molar-refractivity contribution in [3.63, 3.8) is 0 Å². The van der Waals surface area contributed by atoms with Gasteiger partial charge in [-0.05, 0) is 28.3 Å². The number of ether oxygens (including phenoxy) is 2. The van der Waals surface area contributed by atoms with E-state index in [-0.39, 0.29) is 6.79 Å². The molecule has 0 atom stereocenters. The fourth-order valence-electron chi connectivity index (χ4n) is 3.12. The van der Waals surface area contributed by atoms with Crippen LogP contribution in [0.5, 0.6) is 11.5 Å². The summed E-state index contributed by atoms with van der Waals surface area (Å²) in [4.78, 5) is 4.60. The summed E-state index contributed by atoms with van der Waals surface area (Å²) in [7, 11) is 0. The molecule has 0 spiro atoms. The molecule has 100 valence electrons. The summed E-state index contributed by atoms with van der Waals surface area (Å²) in [5.41, 5.74) is 0.932. The van der Waals surface area contributed by atoms with Gasteiger partial charge in [-0.3, -0.25) is 4.98 Å². The van der Waals surface area contributed by atoms with E-state index >= 15 is 0 Å². The van der Waals surface area contributed by atoms with Crippen LogP contribution in [0.4, 0.5) is 0 Å². The van der Waals surface area contributed by atoms with E-state index in [0.29, 0.717) is 0 Å². The van der Waals surface area contributed by atoms with Gasteiger partial charge < -0.3 is 9.47 Å². The number of fused-ring (bicyclic) bond motifs is 7. The minimum atomic E-state index is 0.276. The Hall–Kier alpha value is -2.81. The zero-order valence-electron chi connectivity index (χ0n) is 11.2. The van der Waals surface area contributed by atoms with E-state index in [4.69, 9.17) is 9.47 Å². The molecule has 2 heterocycles. The Balaban J connectivity index is 2.05. The van der Waals surface area contributed by atoms with E-state index in [0.717, 1.165) is 33.2 Å². The van der Waals surface area contributed by atoms with Gasteiger partial charge in [0.2, 0.25) is 6.79 Å². The van der Waals surface area contributed by atoms with Crippen molar-refractivity contribution in [1.29, 1.82) is 0 Å². The Morgan fingerprint density at radius 3 is 2.76 bits per heavy atom. The third-order valence-electron chi connectivity index (χ3n) is 4.09. The molecule has 1 aliphatic heterocycles. The maximum absolute atomic E-state index is 5.67. The van der Waals surface area contributed by atoms with E-state index in [1.807, 2.05) is 18.3 Å². The van der Waals surface area contributed by atoms with Gasteiger partial charge in [0.1, 0.15) is 0 Å². The molecule has 4 aromatic rings. The summed E-state index contributed by atoms with van der Waals surface area (Å²) < 4.78 is 11.2. The monoisotopic (exact) mass is 273 g/mol. The first-order valence-corrected chi connectivity index (χ1v) is 6.90. The fourth-order valence-corrected chi connectivity index (χ4v) is 3.12. The SMILES string of the molecule is c1ccc2c(c1)ccc1c2cnc2ccc3c(c21)OCO3. The van der Waals surface area contributed by atoms with E-state index in [1.165, 1.54) is 10.8 Å². The highest BCUT2D eigenvalue weighted by molar-refractivity contribution is 6.18. The zero-order chi connectivity index (χ0) is 13.8. The number of nitrogens with zero attached hydrogens (tertiary/aromatic N) is 1. The Morgan fingerprint density at radius 2 is 1.76 bits per heavy atom. The van der Waals surface area contributed by atoms with Gasteiger partial charge >= 0.3 is 0 Å². The summed E-state index contributed by atoms with van der Waals surface area (Å²) in [6.45, 7) is 0.276. The molecular formula is C18H11NO2. The van der Waals surface area contributed by atoms with Crippen LogP contribution < -0.4 is 9.47 Å². The van der Waals surface area contributed by atoms with Crippen LogP contribution >= 0.6 is 0 Å². The van der Waals surface area contributed by atoms with Crippen LogP contribution in [0.1, 0.15) is 0 Å². The molecule has 1 aliphatic rings. The van der Waals surface area contributed by atoms with Gasteiger partial charge in [-0.25, -0.2) is 0 Å². The van der Waals surface area contributed by atoms with Gasteiger partial charge in [0.15, 0.2) is 11.5 Å². The Bertz CT molecular complexity index is 1020. The molecular weight excluding hydrogens is 262 g/mol. The molecule has 1 aromatic heterocycles. The predicted octanol–water partition coefficient (Wildman–Crippen LogP) is 4.27. The second kappa shape index (κ2) is 3.85. The molecule has 21 heavy (non-hydrogen) atoms. The molecule has 3 aromatic carbocycles. The summed E-state index contributed by atoms with van der Waals surface area (Å²) in [6, 6.07) is 16.6. The average molecular weight is 273 g/mol. The second-order valence-electron chi connectivity index (χ2n) is 5.20. The fraction of sp³-hybridized carbons (Fsp3) is 0.0556. The van der Waals surface area contributed by atoms with Crippen molar-refractivity contribution < 1.29 is 9.47 Å². The molecule has 5 rings (SSSR count). The first-order chi connectivity index (χ1) is 10.4. The lowest BCUT2D eigenvalue weighted by Crippen LogP contribution is -1.93. The Morgan fingerprint density at radius 1 is 0.810 bits per heavy atom. The minimum absolute atomic E-state index is 0.276. The molecule has 0 saturated carbocycles. The van der Waals surface area contributed by atoms with Crippen molar-refractivity contribution in [2.24, 2.45) is 0 Å². The molecule has 0 fully saturated rings. The highest BCUT2D eigenvalue weighted by Gasteiger charge is 2.19. The van der Waals surface area contributed by atoms with E-state index in [2.05, 4.69) is 41.4 Å². The highest BCUT2D eigenvalue weighted by atomic mass is 16.7. The maximum Gasteiger partial charge on any atom is 0.231 e. The van der Waals surface area contributed by atoms with Gasteiger partial charge in [-0.1, -0.05) is 36.4 Å². The van der Waals surface area contributed by atoms with Crippen LogP contribution in [0, 0.1) is 0 Å². The van der Waals surface area contributed by atoms with Gasteiger partial charge in [0.25, 0.3) is 0 Å². The van der Waals surface area contributed by atoms with E-state index in [9.17, 15) is 0 Å². The lowest BCUT2D eigenvalue weighted by Gasteiger charge is -2.08.